The van der Waals surface area contributed by atoms with E-state index in [9.17, 15) is 0 Å². The van der Waals surface area contributed by atoms with Gasteiger partial charge in [-0.3, -0.25) is 0 Å². The van der Waals surface area contributed by atoms with Gasteiger partial charge in [-0.15, -0.1) is 10.2 Å². The highest BCUT2D eigenvalue weighted by molar-refractivity contribution is 5.64. The van der Waals surface area contributed by atoms with E-state index in [1.165, 1.54) is 6.33 Å². The highest BCUT2D eigenvalue weighted by Crippen LogP contribution is 2.22. The molecule has 0 atom stereocenters. The first-order chi connectivity index (χ1) is 6.27. The molecular formula is C8H8N4O. The van der Waals surface area contributed by atoms with Crippen LogP contribution in [0.25, 0.3) is 11.5 Å². The van der Waals surface area contributed by atoms with Gasteiger partial charge in [-0.05, 0) is 19.1 Å². The molecule has 0 saturated carbocycles. The Labute approximate surface area is 74.6 Å². The number of furan rings is 1. The van der Waals surface area contributed by atoms with E-state index in [2.05, 4.69) is 15.2 Å². The van der Waals surface area contributed by atoms with Crippen LogP contribution in [0.2, 0.25) is 0 Å². The number of anilines is 1. The molecule has 0 aromatic carbocycles. The van der Waals surface area contributed by atoms with E-state index in [0.29, 0.717) is 17.3 Å². The van der Waals surface area contributed by atoms with Crippen LogP contribution in [-0.4, -0.2) is 15.2 Å². The zero-order valence-electron chi connectivity index (χ0n) is 7.06. The minimum absolute atomic E-state index is 0.323. The lowest BCUT2D eigenvalue weighted by atomic mass is 10.3. The van der Waals surface area contributed by atoms with E-state index in [0.717, 1.165) is 5.76 Å². The fraction of sp³-hybridized carbons (Fsp3) is 0.125. The minimum Gasteiger partial charge on any atom is -0.460 e. The topological polar surface area (TPSA) is 77.8 Å². The molecule has 13 heavy (non-hydrogen) atoms. The third-order valence-electron chi connectivity index (χ3n) is 1.62. The molecule has 5 heteroatoms. The summed E-state index contributed by atoms with van der Waals surface area (Å²) in [7, 11) is 0. The average Bonchev–Trinajstić information content (AvgIpc) is 2.53. The first-order valence-corrected chi connectivity index (χ1v) is 3.77. The number of nitrogens with two attached hydrogens (primary N) is 1. The Bertz CT molecular complexity index is 424. The van der Waals surface area contributed by atoms with Gasteiger partial charge in [0.15, 0.2) is 17.3 Å². The van der Waals surface area contributed by atoms with Crippen molar-refractivity contribution in [3.8, 4) is 11.5 Å². The van der Waals surface area contributed by atoms with Gasteiger partial charge in [0.2, 0.25) is 0 Å². The Morgan fingerprint density at radius 3 is 2.85 bits per heavy atom. The van der Waals surface area contributed by atoms with E-state index < -0.39 is 0 Å². The molecular weight excluding hydrogens is 168 g/mol. The summed E-state index contributed by atoms with van der Waals surface area (Å²) in [6.45, 7) is 1.85. The van der Waals surface area contributed by atoms with Crippen molar-refractivity contribution in [3.63, 3.8) is 0 Å². The van der Waals surface area contributed by atoms with Gasteiger partial charge < -0.3 is 10.2 Å². The maximum absolute atomic E-state index is 5.59. The van der Waals surface area contributed by atoms with Crippen molar-refractivity contribution in [2.75, 3.05) is 5.73 Å². The second-order valence-corrected chi connectivity index (χ2v) is 2.60. The fourth-order valence-corrected chi connectivity index (χ4v) is 1.02. The van der Waals surface area contributed by atoms with Crippen LogP contribution in [0.1, 0.15) is 5.76 Å². The maximum atomic E-state index is 5.59. The first-order valence-electron chi connectivity index (χ1n) is 3.77. The van der Waals surface area contributed by atoms with Gasteiger partial charge in [0.25, 0.3) is 0 Å². The van der Waals surface area contributed by atoms with Gasteiger partial charge in [0.05, 0.1) is 0 Å². The van der Waals surface area contributed by atoms with E-state index >= 15 is 0 Å². The Kier molecular flexibility index (Phi) is 1.70. The molecule has 0 unspecified atom stereocenters. The van der Waals surface area contributed by atoms with Crippen molar-refractivity contribution in [3.05, 3.63) is 24.2 Å². The monoisotopic (exact) mass is 176 g/mol. The van der Waals surface area contributed by atoms with Crippen LogP contribution in [0.15, 0.2) is 22.9 Å². The lowest BCUT2D eigenvalue weighted by molar-refractivity contribution is 0.545. The predicted octanol–water partition coefficient (Wildman–Crippen LogP) is 1.02. The summed E-state index contributed by atoms with van der Waals surface area (Å²) in [5.41, 5.74) is 6.07. The number of hydrogen-bond acceptors (Lipinski definition) is 5. The molecule has 0 aliphatic rings. The predicted molar refractivity (Wildman–Crippen MR) is 46.7 cm³/mol. The fourth-order valence-electron chi connectivity index (χ4n) is 1.02. The average molecular weight is 176 g/mol. The van der Waals surface area contributed by atoms with E-state index in [1.54, 1.807) is 6.07 Å². The molecule has 0 spiro atoms. The van der Waals surface area contributed by atoms with Gasteiger partial charge in [0, 0.05) is 0 Å². The van der Waals surface area contributed by atoms with Gasteiger partial charge in [0.1, 0.15) is 12.1 Å². The number of nitrogens with zero attached hydrogens (tertiary/aromatic N) is 3. The molecule has 2 aromatic rings. The molecule has 2 N–H and O–H groups in total. The molecule has 0 saturated heterocycles. The molecule has 0 radical (unpaired) electrons. The SMILES string of the molecule is Cc1ccc(-c2nncnc2N)o1. The minimum atomic E-state index is 0.323. The summed E-state index contributed by atoms with van der Waals surface area (Å²) >= 11 is 0. The molecule has 0 bridgehead atoms. The van der Waals surface area contributed by atoms with Crippen LogP contribution in [-0.2, 0) is 0 Å². The van der Waals surface area contributed by atoms with Crippen molar-refractivity contribution < 1.29 is 4.42 Å². The van der Waals surface area contributed by atoms with Crippen molar-refractivity contribution in [1.82, 2.24) is 15.2 Å². The molecule has 0 aliphatic carbocycles. The van der Waals surface area contributed by atoms with Crippen LogP contribution >= 0.6 is 0 Å². The van der Waals surface area contributed by atoms with Crippen LogP contribution in [0.3, 0.4) is 0 Å². The van der Waals surface area contributed by atoms with Gasteiger partial charge in [-0.2, -0.15) is 0 Å². The number of nitrogen functional groups attached to an aromatic ring is 1. The third kappa shape index (κ3) is 1.35. The lowest BCUT2D eigenvalue weighted by Crippen LogP contribution is -1.97. The molecule has 0 fully saturated rings. The molecule has 2 heterocycles. The molecule has 2 aromatic heterocycles. The largest absolute Gasteiger partial charge is 0.460 e. The van der Waals surface area contributed by atoms with E-state index in [1.807, 2.05) is 13.0 Å². The van der Waals surface area contributed by atoms with Crippen molar-refractivity contribution in [2.45, 2.75) is 6.92 Å². The summed E-state index contributed by atoms with van der Waals surface area (Å²) in [6, 6.07) is 3.63. The molecule has 0 aliphatic heterocycles. The zero-order chi connectivity index (χ0) is 9.26. The number of hydrogen-bond donors (Lipinski definition) is 1. The number of aromatic nitrogens is 3. The summed E-state index contributed by atoms with van der Waals surface area (Å²) in [4.78, 5) is 3.81. The Balaban J connectivity index is 2.52. The number of aryl methyl sites for hydroxylation is 1. The van der Waals surface area contributed by atoms with E-state index in [4.69, 9.17) is 10.2 Å². The van der Waals surface area contributed by atoms with Gasteiger partial charge >= 0.3 is 0 Å². The molecule has 0 amide bonds. The summed E-state index contributed by atoms with van der Waals surface area (Å²) in [5.74, 6) is 1.72. The van der Waals surface area contributed by atoms with Crippen LogP contribution in [0.4, 0.5) is 5.82 Å². The highest BCUT2D eigenvalue weighted by atomic mass is 16.3. The van der Waals surface area contributed by atoms with Crippen molar-refractivity contribution in [1.29, 1.82) is 0 Å². The summed E-state index contributed by atoms with van der Waals surface area (Å²) in [6.07, 6.45) is 1.30. The van der Waals surface area contributed by atoms with Crippen LogP contribution < -0.4 is 5.73 Å². The van der Waals surface area contributed by atoms with Crippen molar-refractivity contribution in [2.24, 2.45) is 0 Å². The Morgan fingerprint density at radius 2 is 2.23 bits per heavy atom. The van der Waals surface area contributed by atoms with Gasteiger partial charge in [-0.1, -0.05) is 0 Å². The maximum Gasteiger partial charge on any atom is 0.170 e. The summed E-state index contributed by atoms with van der Waals surface area (Å²) < 4.78 is 5.33. The Hall–Kier alpha value is -1.91. The molecule has 5 nitrogen and oxygen atoms in total. The Morgan fingerprint density at radius 1 is 1.38 bits per heavy atom. The highest BCUT2D eigenvalue weighted by Gasteiger charge is 2.08. The quantitative estimate of drug-likeness (QED) is 0.701. The van der Waals surface area contributed by atoms with Crippen molar-refractivity contribution >= 4 is 5.82 Å². The van der Waals surface area contributed by atoms with E-state index in [-0.39, 0.29) is 0 Å². The number of rotatable bonds is 1. The molecule has 2 rings (SSSR count). The lowest BCUT2D eigenvalue weighted by Gasteiger charge is -1.96. The second-order valence-electron chi connectivity index (χ2n) is 2.60. The third-order valence-corrected chi connectivity index (χ3v) is 1.62. The van der Waals surface area contributed by atoms with Crippen LogP contribution in [0, 0.1) is 6.92 Å². The smallest absolute Gasteiger partial charge is 0.170 e. The normalized spacial score (nSPS) is 10.2. The zero-order valence-corrected chi connectivity index (χ0v) is 7.06. The standard InChI is InChI=1S/C8H8N4O/c1-5-2-3-6(13-5)7-8(9)10-4-11-12-7/h2-4H,1H3,(H2,9,10,11). The first kappa shape index (κ1) is 7.72. The second kappa shape index (κ2) is 2.85. The van der Waals surface area contributed by atoms with Crippen LogP contribution in [0.5, 0.6) is 0 Å². The summed E-state index contributed by atoms with van der Waals surface area (Å²) in [5, 5.41) is 7.46. The molecule has 66 valence electrons. The van der Waals surface area contributed by atoms with Gasteiger partial charge in [-0.25, -0.2) is 4.98 Å².